The quantitative estimate of drug-likeness (QED) is 0.519. The van der Waals surface area contributed by atoms with Crippen LogP contribution >= 0.6 is 11.3 Å². The predicted octanol–water partition coefficient (Wildman–Crippen LogP) is 3.16. The average Bonchev–Trinajstić information content (AvgIpc) is 3.17. The van der Waals surface area contributed by atoms with E-state index in [0.717, 1.165) is 45.0 Å². The molecule has 0 atom stereocenters. The summed E-state index contributed by atoms with van der Waals surface area (Å²) in [5, 5.41) is 12.3. The number of anilines is 2. The Morgan fingerprint density at radius 2 is 1.88 bits per heavy atom. The van der Waals surface area contributed by atoms with Crippen LogP contribution in [-0.4, -0.2) is 66.9 Å². The summed E-state index contributed by atoms with van der Waals surface area (Å²) in [5.74, 6) is -0.345. The van der Waals surface area contributed by atoms with E-state index >= 15 is 0 Å². The molecular weight excluding hydrogens is 430 g/mol. The predicted molar refractivity (Wildman–Crippen MR) is 125 cm³/mol. The fourth-order valence-electron chi connectivity index (χ4n) is 3.05. The highest BCUT2D eigenvalue weighted by atomic mass is 32.1. The van der Waals surface area contributed by atoms with Gasteiger partial charge in [0.15, 0.2) is 0 Å². The Hall–Kier alpha value is -2.53. The number of rotatable bonds is 8. The van der Waals surface area contributed by atoms with Crippen molar-refractivity contribution < 1.29 is 19.1 Å². The lowest BCUT2D eigenvalue weighted by Gasteiger charge is -2.26. The Balaban J connectivity index is 1.46. The minimum atomic E-state index is -0.605. The van der Waals surface area contributed by atoms with Crippen LogP contribution in [0, 0.1) is 0 Å². The van der Waals surface area contributed by atoms with Crippen LogP contribution in [0.1, 0.15) is 36.8 Å². The van der Waals surface area contributed by atoms with Gasteiger partial charge in [-0.3, -0.25) is 20.0 Å². The van der Waals surface area contributed by atoms with Gasteiger partial charge in [0, 0.05) is 49.7 Å². The normalized spacial score (nSPS) is 14.7. The molecule has 1 fully saturated rings. The molecule has 1 aliphatic heterocycles. The molecule has 32 heavy (non-hydrogen) atoms. The summed E-state index contributed by atoms with van der Waals surface area (Å²) in [7, 11) is 0. The first-order valence-electron chi connectivity index (χ1n) is 10.6. The Morgan fingerprint density at radius 3 is 2.53 bits per heavy atom. The number of aromatic nitrogens is 1. The number of morpholine rings is 1. The molecule has 2 aromatic rings. The van der Waals surface area contributed by atoms with Crippen molar-refractivity contribution >= 4 is 34.7 Å². The molecule has 10 heteroatoms. The number of nitrogens with zero attached hydrogens (tertiary/aromatic N) is 2. The van der Waals surface area contributed by atoms with Crippen LogP contribution < -0.4 is 16.0 Å². The Kier molecular flexibility index (Phi) is 8.57. The van der Waals surface area contributed by atoms with E-state index in [1.807, 2.05) is 6.07 Å². The van der Waals surface area contributed by atoms with E-state index in [4.69, 9.17) is 9.47 Å². The van der Waals surface area contributed by atoms with Gasteiger partial charge in [0.1, 0.15) is 11.3 Å². The number of hydrogen-bond acceptors (Lipinski definition) is 8. The smallest absolute Gasteiger partial charge is 0.412 e. The topological polar surface area (TPSA) is 105 Å². The molecular formula is C22H31N5O4S. The third-order valence-corrected chi connectivity index (χ3v) is 5.38. The van der Waals surface area contributed by atoms with Gasteiger partial charge in [-0.2, -0.15) is 0 Å². The lowest BCUT2D eigenvalue weighted by atomic mass is 10.2. The van der Waals surface area contributed by atoms with Crippen LogP contribution in [0.25, 0.3) is 0 Å². The molecule has 3 heterocycles. The van der Waals surface area contributed by atoms with Crippen molar-refractivity contribution in [1.82, 2.24) is 15.2 Å². The zero-order chi connectivity index (χ0) is 23.0. The average molecular weight is 462 g/mol. The van der Waals surface area contributed by atoms with Gasteiger partial charge in [-0.25, -0.2) is 4.79 Å². The summed E-state index contributed by atoms with van der Waals surface area (Å²) in [6.07, 6.45) is 1.12. The standard InChI is InChI=1S/C22H31N5O4S/c1-22(2,3)31-21(29)26-19-15-32-14-18(19)25-20(28)17-5-4-16(13-24-17)12-23-6-7-27-8-10-30-11-9-27/h4-5,13-15,23H,6-12H2,1-3H3,(H,25,28)(H,26,29). The second-order valence-electron chi connectivity index (χ2n) is 8.46. The van der Waals surface area contributed by atoms with Gasteiger partial charge >= 0.3 is 6.09 Å². The maximum atomic E-state index is 12.6. The molecule has 0 unspecified atom stereocenters. The largest absolute Gasteiger partial charge is 0.444 e. The zero-order valence-corrected chi connectivity index (χ0v) is 19.6. The number of amides is 2. The summed E-state index contributed by atoms with van der Waals surface area (Å²) in [4.78, 5) is 31.2. The van der Waals surface area contributed by atoms with Crippen LogP contribution in [0.4, 0.5) is 16.2 Å². The molecule has 0 radical (unpaired) electrons. The highest BCUT2D eigenvalue weighted by Crippen LogP contribution is 2.27. The summed E-state index contributed by atoms with van der Waals surface area (Å²) in [6, 6.07) is 3.58. The van der Waals surface area contributed by atoms with Crippen LogP contribution in [0.3, 0.4) is 0 Å². The fraction of sp³-hybridized carbons (Fsp3) is 0.500. The molecule has 3 rings (SSSR count). The maximum absolute atomic E-state index is 12.6. The highest BCUT2D eigenvalue weighted by molar-refractivity contribution is 7.09. The number of carbonyl (C=O) groups is 2. The first kappa shape index (κ1) is 24.1. The van der Waals surface area contributed by atoms with Gasteiger partial charge in [-0.1, -0.05) is 6.07 Å². The number of ether oxygens (including phenoxy) is 2. The third kappa shape index (κ3) is 7.86. The van der Waals surface area contributed by atoms with Gasteiger partial charge in [0.2, 0.25) is 0 Å². The van der Waals surface area contributed by atoms with Crippen LogP contribution in [0.5, 0.6) is 0 Å². The SMILES string of the molecule is CC(C)(C)OC(=O)Nc1cscc1NC(=O)c1ccc(CNCCN2CCOCC2)cn1. The number of pyridine rings is 1. The fourth-order valence-corrected chi connectivity index (χ4v) is 3.76. The molecule has 0 aliphatic carbocycles. The lowest BCUT2D eigenvalue weighted by Crippen LogP contribution is -2.40. The summed E-state index contributed by atoms with van der Waals surface area (Å²) < 4.78 is 10.6. The van der Waals surface area contributed by atoms with Crippen LogP contribution in [0.15, 0.2) is 29.1 Å². The van der Waals surface area contributed by atoms with Crippen molar-refractivity contribution in [1.29, 1.82) is 0 Å². The Labute approximate surface area is 192 Å². The van der Waals surface area contributed by atoms with Crippen LogP contribution in [-0.2, 0) is 16.0 Å². The summed E-state index contributed by atoms with van der Waals surface area (Å²) >= 11 is 1.36. The molecule has 9 nitrogen and oxygen atoms in total. The van der Waals surface area contributed by atoms with Crippen molar-refractivity contribution in [3.63, 3.8) is 0 Å². The summed E-state index contributed by atoms with van der Waals surface area (Å²) in [6.45, 7) is 11.5. The van der Waals surface area contributed by atoms with E-state index in [0.29, 0.717) is 23.6 Å². The monoisotopic (exact) mass is 461 g/mol. The molecule has 0 bridgehead atoms. The van der Waals surface area contributed by atoms with Crippen molar-refractivity contribution in [3.8, 4) is 0 Å². The molecule has 0 spiro atoms. The molecule has 1 aliphatic rings. The van der Waals surface area contributed by atoms with E-state index in [2.05, 4.69) is 25.8 Å². The number of hydrogen-bond donors (Lipinski definition) is 3. The second-order valence-corrected chi connectivity index (χ2v) is 9.21. The van der Waals surface area contributed by atoms with Crippen LogP contribution in [0.2, 0.25) is 0 Å². The second kappa shape index (κ2) is 11.4. The third-order valence-electron chi connectivity index (χ3n) is 4.64. The van der Waals surface area contributed by atoms with Gasteiger partial charge < -0.3 is 20.1 Å². The highest BCUT2D eigenvalue weighted by Gasteiger charge is 2.18. The molecule has 174 valence electrons. The van der Waals surface area contributed by atoms with Gasteiger partial charge in [-0.15, -0.1) is 11.3 Å². The van der Waals surface area contributed by atoms with Crippen molar-refractivity contribution in [2.75, 3.05) is 50.0 Å². The first-order valence-corrected chi connectivity index (χ1v) is 11.6. The number of nitrogens with one attached hydrogen (secondary N) is 3. The lowest BCUT2D eigenvalue weighted by molar-refractivity contribution is 0.0384. The Morgan fingerprint density at radius 1 is 1.16 bits per heavy atom. The van der Waals surface area contributed by atoms with Gasteiger partial charge in [0.05, 0.1) is 24.6 Å². The van der Waals surface area contributed by atoms with E-state index in [1.54, 1.807) is 43.8 Å². The minimum absolute atomic E-state index is 0.302. The molecule has 2 aromatic heterocycles. The minimum Gasteiger partial charge on any atom is -0.444 e. The molecule has 1 saturated heterocycles. The first-order chi connectivity index (χ1) is 15.3. The zero-order valence-electron chi connectivity index (χ0n) is 18.8. The molecule has 3 N–H and O–H groups in total. The van der Waals surface area contributed by atoms with E-state index in [9.17, 15) is 9.59 Å². The van der Waals surface area contributed by atoms with Crippen molar-refractivity contribution in [3.05, 3.63) is 40.3 Å². The molecule has 2 amide bonds. The summed E-state index contributed by atoms with van der Waals surface area (Å²) in [5.41, 5.74) is 1.69. The van der Waals surface area contributed by atoms with Crippen molar-refractivity contribution in [2.24, 2.45) is 0 Å². The van der Waals surface area contributed by atoms with Gasteiger partial charge in [-0.05, 0) is 32.4 Å². The molecule has 0 saturated carbocycles. The van der Waals surface area contributed by atoms with E-state index < -0.39 is 11.7 Å². The maximum Gasteiger partial charge on any atom is 0.412 e. The van der Waals surface area contributed by atoms with E-state index in [1.165, 1.54) is 11.3 Å². The Bertz CT molecular complexity index is 888. The molecule has 0 aromatic carbocycles. The number of thiophene rings is 1. The number of carbonyl (C=O) groups excluding carboxylic acids is 2. The van der Waals surface area contributed by atoms with E-state index in [-0.39, 0.29) is 5.91 Å². The van der Waals surface area contributed by atoms with Gasteiger partial charge in [0.25, 0.3) is 5.91 Å². The van der Waals surface area contributed by atoms with Crippen molar-refractivity contribution in [2.45, 2.75) is 32.9 Å².